The lowest BCUT2D eigenvalue weighted by atomic mass is 9.99. The highest BCUT2D eigenvalue weighted by atomic mass is 35.5. The highest BCUT2D eigenvalue weighted by molar-refractivity contribution is 6.37. The number of carboxylic acid groups (broad SMARTS) is 1. The second-order valence-corrected chi connectivity index (χ2v) is 7.09. The van der Waals surface area contributed by atoms with Crippen LogP contribution in [0, 0.1) is 6.92 Å². The molecule has 2 aromatic carbocycles. The van der Waals surface area contributed by atoms with Gasteiger partial charge in [-0.25, -0.2) is 0 Å². The Bertz CT molecular complexity index is 873. The zero-order valence-electron chi connectivity index (χ0n) is 15.0. The fourth-order valence-corrected chi connectivity index (χ4v) is 3.00. The quantitative estimate of drug-likeness (QED) is 0.637. The van der Waals surface area contributed by atoms with E-state index in [-0.39, 0.29) is 33.0 Å². The molecule has 0 atom stereocenters. The summed E-state index contributed by atoms with van der Waals surface area (Å²) in [7, 11) is 0. The van der Waals surface area contributed by atoms with Gasteiger partial charge in [0, 0.05) is 11.1 Å². The Morgan fingerprint density at radius 2 is 1.74 bits per heavy atom. The maximum absolute atomic E-state index is 12.0. The first-order valence-electron chi connectivity index (χ1n) is 8.10. The maximum Gasteiger partial charge on any atom is 0.322 e. The predicted molar refractivity (Wildman–Crippen MR) is 103 cm³/mol. The van der Waals surface area contributed by atoms with Gasteiger partial charge in [-0.2, -0.15) is 0 Å². The molecule has 0 radical (unpaired) electrons. The monoisotopic (exact) mass is 411 g/mol. The van der Waals surface area contributed by atoms with Crippen molar-refractivity contribution in [3.8, 4) is 17.2 Å². The number of rotatable bonds is 6. The van der Waals surface area contributed by atoms with Crippen molar-refractivity contribution >= 4 is 35.1 Å². The van der Waals surface area contributed by atoms with E-state index in [1.807, 2.05) is 13.8 Å². The maximum atomic E-state index is 12.0. The van der Waals surface area contributed by atoms with Crippen LogP contribution in [0.15, 0.2) is 24.3 Å². The van der Waals surface area contributed by atoms with Crippen molar-refractivity contribution in [3.05, 3.63) is 51.0 Å². The Labute approximate surface area is 166 Å². The minimum absolute atomic E-state index is 0.0819. The van der Waals surface area contributed by atoms with E-state index in [0.29, 0.717) is 11.3 Å². The third-order valence-electron chi connectivity index (χ3n) is 3.81. The lowest BCUT2D eigenvalue weighted by molar-refractivity contribution is -0.135. The molecule has 27 heavy (non-hydrogen) atoms. The first kappa shape index (κ1) is 20.9. The van der Waals surface area contributed by atoms with Crippen LogP contribution in [0.5, 0.6) is 17.2 Å². The van der Waals surface area contributed by atoms with Gasteiger partial charge in [-0.15, -0.1) is 0 Å². The smallest absolute Gasteiger partial charge is 0.322 e. The van der Waals surface area contributed by atoms with Gasteiger partial charge in [-0.1, -0.05) is 37.0 Å². The zero-order valence-corrected chi connectivity index (χ0v) is 16.5. The van der Waals surface area contributed by atoms with E-state index < -0.39 is 18.4 Å². The summed E-state index contributed by atoms with van der Waals surface area (Å²) in [5, 5.41) is 21.2. The number of aryl methyl sites for hydroxylation is 1. The minimum atomic E-state index is -1.16. The average molecular weight is 412 g/mol. The molecule has 0 bridgehead atoms. The fourth-order valence-electron chi connectivity index (χ4n) is 2.44. The number of amides is 1. The number of carboxylic acids is 1. The topological polar surface area (TPSA) is 95.9 Å². The Balaban J connectivity index is 2.33. The number of ether oxygens (including phenoxy) is 1. The molecule has 0 spiro atoms. The number of nitrogens with one attached hydrogen (secondary N) is 1. The summed E-state index contributed by atoms with van der Waals surface area (Å²) in [5.41, 5.74) is 1.48. The second kappa shape index (κ2) is 8.50. The van der Waals surface area contributed by atoms with Crippen LogP contribution in [0.1, 0.15) is 41.3 Å². The molecule has 1 amide bonds. The van der Waals surface area contributed by atoms with Gasteiger partial charge in [-0.3, -0.25) is 9.59 Å². The lowest BCUT2D eigenvalue weighted by Crippen LogP contribution is -2.29. The van der Waals surface area contributed by atoms with Gasteiger partial charge >= 0.3 is 5.97 Å². The molecular formula is C19H19Cl2NO5. The van der Waals surface area contributed by atoms with Gasteiger partial charge in [0.2, 0.25) is 0 Å². The summed E-state index contributed by atoms with van der Waals surface area (Å²) in [6.07, 6.45) is 0. The van der Waals surface area contributed by atoms with Gasteiger partial charge in [0.05, 0.1) is 10.0 Å². The molecule has 3 N–H and O–H groups in total. The number of phenols is 1. The summed E-state index contributed by atoms with van der Waals surface area (Å²) in [6, 6.07) is 6.04. The molecule has 0 aliphatic carbocycles. The van der Waals surface area contributed by atoms with Crippen LogP contribution >= 0.6 is 23.2 Å². The van der Waals surface area contributed by atoms with E-state index in [0.717, 1.165) is 5.56 Å². The number of phenolic OH excluding ortho intramolecular Hbond substituents is 1. The lowest BCUT2D eigenvalue weighted by Gasteiger charge is -2.16. The summed E-state index contributed by atoms with van der Waals surface area (Å²) in [6.45, 7) is 5.13. The zero-order chi connectivity index (χ0) is 20.3. The van der Waals surface area contributed by atoms with Crippen LogP contribution in [-0.4, -0.2) is 28.6 Å². The third-order valence-corrected chi connectivity index (χ3v) is 4.37. The van der Waals surface area contributed by atoms with Crippen molar-refractivity contribution < 1.29 is 24.5 Å². The molecule has 0 unspecified atom stereocenters. The molecule has 8 heteroatoms. The van der Waals surface area contributed by atoms with Gasteiger partial charge in [0.15, 0.2) is 5.75 Å². The first-order chi connectivity index (χ1) is 12.6. The van der Waals surface area contributed by atoms with E-state index in [1.54, 1.807) is 19.1 Å². The summed E-state index contributed by atoms with van der Waals surface area (Å²) < 4.78 is 5.80. The van der Waals surface area contributed by atoms with E-state index >= 15 is 0 Å². The van der Waals surface area contributed by atoms with Crippen LogP contribution < -0.4 is 10.1 Å². The van der Waals surface area contributed by atoms with Crippen molar-refractivity contribution in [1.82, 2.24) is 5.32 Å². The normalized spacial score (nSPS) is 10.7. The van der Waals surface area contributed by atoms with Crippen molar-refractivity contribution in [2.45, 2.75) is 26.7 Å². The molecule has 0 aromatic heterocycles. The van der Waals surface area contributed by atoms with Crippen molar-refractivity contribution in [3.63, 3.8) is 0 Å². The van der Waals surface area contributed by atoms with Crippen LogP contribution in [0.25, 0.3) is 0 Å². The highest BCUT2D eigenvalue weighted by Gasteiger charge is 2.17. The molecule has 2 rings (SSSR count). The molecule has 0 heterocycles. The van der Waals surface area contributed by atoms with Crippen molar-refractivity contribution in [1.29, 1.82) is 0 Å². The number of carbonyl (C=O) groups excluding carboxylic acids is 1. The fraction of sp³-hybridized carbons (Fsp3) is 0.263. The Morgan fingerprint density at radius 1 is 1.15 bits per heavy atom. The van der Waals surface area contributed by atoms with Crippen LogP contribution in [0.4, 0.5) is 0 Å². The van der Waals surface area contributed by atoms with E-state index in [9.17, 15) is 14.7 Å². The molecule has 0 aliphatic heterocycles. The molecule has 2 aromatic rings. The molecule has 0 fully saturated rings. The minimum Gasteiger partial charge on any atom is -0.507 e. The SMILES string of the molecule is Cc1cc(Oc2c(Cl)cc(C(=O)NCC(=O)O)cc2Cl)cc(C(C)C)c1O. The molecule has 6 nitrogen and oxygen atoms in total. The number of carbonyl (C=O) groups is 2. The summed E-state index contributed by atoms with van der Waals surface area (Å²) in [4.78, 5) is 22.5. The van der Waals surface area contributed by atoms with Crippen LogP contribution in [0.3, 0.4) is 0 Å². The summed E-state index contributed by atoms with van der Waals surface area (Å²) in [5.74, 6) is -0.883. The van der Waals surface area contributed by atoms with Crippen molar-refractivity contribution in [2.75, 3.05) is 6.54 Å². The van der Waals surface area contributed by atoms with Crippen LogP contribution in [-0.2, 0) is 4.79 Å². The highest BCUT2D eigenvalue weighted by Crippen LogP contribution is 2.40. The number of hydrogen-bond donors (Lipinski definition) is 3. The summed E-state index contributed by atoms with van der Waals surface area (Å²) >= 11 is 12.4. The van der Waals surface area contributed by atoms with E-state index in [2.05, 4.69) is 5.32 Å². The van der Waals surface area contributed by atoms with Gasteiger partial charge < -0.3 is 20.3 Å². The number of halogens is 2. The molecule has 0 saturated carbocycles. The van der Waals surface area contributed by atoms with Gasteiger partial charge in [-0.05, 0) is 42.7 Å². The largest absolute Gasteiger partial charge is 0.507 e. The predicted octanol–water partition coefficient (Wildman–Crippen LogP) is 4.74. The van der Waals surface area contributed by atoms with Gasteiger partial charge in [0.25, 0.3) is 5.91 Å². The van der Waals surface area contributed by atoms with E-state index in [4.69, 9.17) is 33.0 Å². The Kier molecular flexibility index (Phi) is 6.57. The molecule has 0 aliphatic rings. The number of aliphatic carboxylic acids is 1. The molecular weight excluding hydrogens is 393 g/mol. The Hall–Kier alpha value is -2.44. The average Bonchev–Trinajstić information content (AvgIpc) is 2.58. The first-order valence-corrected chi connectivity index (χ1v) is 8.86. The van der Waals surface area contributed by atoms with Gasteiger partial charge in [0.1, 0.15) is 18.0 Å². The molecule has 0 saturated heterocycles. The number of aromatic hydroxyl groups is 1. The standard InChI is InChI=1S/C19H19Cl2NO5/c1-9(2)13-7-12(4-10(3)17(13)25)27-18-14(20)5-11(6-15(18)21)19(26)22-8-16(23)24/h4-7,9,25H,8H2,1-3H3,(H,22,26)(H,23,24). The Morgan fingerprint density at radius 3 is 2.26 bits per heavy atom. The number of hydrogen-bond acceptors (Lipinski definition) is 4. The second-order valence-electron chi connectivity index (χ2n) is 6.28. The van der Waals surface area contributed by atoms with E-state index in [1.165, 1.54) is 12.1 Å². The number of benzene rings is 2. The molecule has 144 valence electrons. The third kappa shape index (κ3) is 5.05. The van der Waals surface area contributed by atoms with Crippen LogP contribution in [0.2, 0.25) is 10.0 Å². The van der Waals surface area contributed by atoms with Crippen molar-refractivity contribution in [2.24, 2.45) is 0 Å².